The molecule has 0 aliphatic rings. The van der Waals surface area contributed by atoms with Gasteiger partial charge in [-0.15, -0.1) is 0 Å². The summed E-state index contributed by atoms with van der Waals surface area (Å²) in [4.78, 5) is 11.1. The number of nitrogen functional groups attached to an aromatic ring is 1. The fourth-order valence-electron chi connectivity index (χ4n) is 1.01. The first-order valence-electron chi connectivity index (χ1n) is 4.33. The van der Waals surface area contributed by atoms with Gasteiger partial charge in [-0.2, -0.15) is 0 Å². The fraction of sp³-hybridized carbons (Fsp3) is 0.300. The molecule has 1 rings (SSSR count). The van der Waals surface area contributed by atoms with E-state index in [2.05, 4.69) is 0 Å². The molecule has 0 aromatic heterocycles. The summed E-state index contributed by atoms with van der Waals surface area (Å²) in [5.41, 5.74) is 7.00. The van der Waals surface area contributed by atoms with Crippen molar-refractivity contribution in [3.8, 4) is 0 Å². The molecule has 1 aromatic carbocycles. The zero-order valence-electron chi connectivity index (χ0n) is 7.77. The predicted octanol–water partition coefficient (Wildman–Crippen LogP) is 0.347. The molecule has 0 saturated heterocycles. The lowest BCUT2D eigenvalue weighted by Gasteiger charge is -2.02. The van der Waals surface area contributed by atoms with E-state index < -0.39 is 0 Å². The molecule has 0 spiro atoms. The molecule has 3 N–H and O–H groups in total. The average Bonchev–Trinajstić information content (AvgIpc) is 2.18. The van der Waals surface area contributed by atoms with E-state index in [4.69, 9.17) is 15.6 Å². The molecule has 0 aliphatic heterocycles. The van der Waals surface area contributed by atoms with Crippen molar-refractivity contribution in [1.82, 2.24) is 0 Å². The lowest BCUT2D eigenvalue weighted by Crippen LogP contribution is -2.10. The number of hydrogen-bond donors (Lipinski definition) is 2. The standard InChI is InChI=1S/C10H13NO3/c11-9-3-1-8(2-4-9)7-10(13)14-6-5-12/h1-4,12H,5-7,11H2. The Balaban J connectivity index is 2.44. The highest BCUT2D eigenvalue weighted by Crippen LogP contribution is 2.06. The smallest absolute Gasteiger partial charge is 0.310 e. The summed E-state index contributed by atoms with van der Waals surface area (Å²) in [6, 6.07) is 7.01. The van der Waals surface area contributed by atoms with Crippen LogP contribution in [-0.2, 0) is 16.0 Å². The van der Waals surface area contributed by atoms with Gasteiger partial charge in [-0.3, -0.25) is 4.79 Å². The van der Waals surface area contributed by atoms with E-state index >= 15 is 0 Å². The van der Waals surface area contributed by atoms with Gasteiger partial charge in [0.2, 0.25) is 0 Å². The summed E-state index contributed by atoms with van der Waals surface area (Å²) < 4.78 is 4.71. The number of nitrogens with two attached hydrogens (primary N) is 1. The van der Waals surface area contributed by atoms with Gasteiger partial charge in [0.1, 0.15) is 6.61 Å². The Labute approximate surface area is 82.3 Å². The van der Waals surface area contributed by atoms with Gasteiger partial charge < -0.3 is 15.6 Å². The molecule has 4 nitrogen and oxygen atoms in total. The van der Waals surface area contributed by atoms with Crippen molar-refractivity contribution in [3.05, 3.63) is 29.8 Å². The predicted molar refractivity (Wildman–Crippen MR) is 52.6 cm³/mol. The van der Waals surface area contributed by atoms with Crippen LogP contribution in [0.3, 0.4) is 0 Å². The topological polar surface area (TPSA) is 72.6 Å². The fourth-order valence-corrected chi connectivity index (χ4v) is 1.01. The molecule has 4 heteroatoms. The van der Waals surface area contributed by atoms with Crippen LogP contribution >= 0.6 is 0 Å². The third kappa shape index (κ3) is 3.45. The zero-order chi connectivity index (χ0) is 10.4. The first-order chi connectivity index (χ1) is 6.72. The van der Waals surface area contributed by atoms with Crippen molar-refractivity contribution in [2.45, 2.75) is 6.42 Å². The van der Waals surface area contributed by atoms with Crippen LogP contribution in [0.5, 0.6) is 0 Å². The Hall–Kier alpha value is -1.55. The Morgan fingerprint density at radius 2 is 2.00 bits per heavy atom. The van der Waals surface area contributed by atoms with Crippen molar-refractivity contribution in [3.63, 3.8) is 0 Å². The highest BCUT2D eigenvalue weighted by atomic mass is 16.5. The highest BCUT2D eigenvalue weighted by Gasteiger charge is 2.03. The molecule has 0 unspecified atom stereocenters. The Morgan fingerprint density at radius 3 is 2.57 bits per heavy atom. The van der Waals surface area contributed by atoms with Crippen LogP contribution in [0.4, 0.5) is 5.69 Å². The van der Waals surface area contributed by atoms with E-state index in [9.17, 15) is 4.79 Å². The molecule has 0 bridgehead atoms. The van der Waals surface area contributed by atoms with Crippen LogP contribution in [0.2, 0.25) is 0 Å². The molecule has 0 fully saturated rings. The largest absolute Gasteiger partial charge is 0.463 e. The van der Waals surface area contributed by atoms with Gasteiger partial charge in [0.25, 0.3) is 0 Å². The van der Waals surface area contributed by atoms with Gasteiger partial charge in [-0.05, 0) is 17.7 Å². The van der Waals surface area contributed by atoms with E-state index in [1.807, 2.05) is 0 Å². The van der Waals surface area contributed by atoms with Crippen molar-refractivity contribution >= 4 is 11.7 Å². The Kier molecular flexibility index (Phi) is 3.94. The maximum Gasteiger partial charge on any atom is 0.310 e. The lowest BCUT2D eigenvalue weighted by molar-refractivity contribution is -0.143. The lowest BCUT2D eigenvalue weighted by atomic mass is 10.1. The SMILES string of the molecule is Nc1ccc(CC(=O)OCCO)cc1. The second-order valence-electron chi connectivity index (χ2n) is 2.86. The van der Waals surface area contributed by atoms with Crippen LogP contribution in [0.15, 0.2) is 24.3 Å². The number of carbonyl (C=O) groups is 1. The molecule has 0 saturated carbocycles. The van der Waals surface area contributed by atoms with Gasteiger partial charge in [0.05, 0.1) is 13.0 Å². The number of benzene rings is 1. The average molecular weight is 195 g/mol. The highest BCUT2D eigenvalue weighted by molar-refractivity contribution is 5.72. The quantitative estimate of drug-likeness (QED) is 0.537. The van der Waals surface area contributed by atoms with Crippen LogP contribution in [-0.4, -0.2) is 24.3 Å². The van der Waals surface area contributed by atoms with Gasteiger partial charge >= 0.3 is 5.97 Å². The van der Waals surface area contributed by atoms with Crippen LogP contribution in [0.25, 0.3) is 0 Å². The third-order valence-electron chi connectivity index (χ3n) is 1.68. The van der Waals surface area contributed by atoms with Crippen LogP contribution in [0.1, 0.15) is 5.56 Å². The van der Waals surface area contributed by atoms with E-state index in [0.29, 0.717) is 5.69 Å². The molecule has 0 amide bonds. The summed E-state index contributed by atoms with van der Waals surface area (Å²) in [5, 5.41) is 8.42. The molecule has 76 valence electrons. The maximum atomic E-state index is 11.1. The van der Waals surface area contributed by atoms with Gasteiger partial charge in [0.15, 0.2) is 0 Å². The van der Waals surface area contributed by atoms with Crippen molar-refractivity contribution in [1.29, 1.82) is 0 Å². The van der Waals surface area contributed by atoms with E-state index in [0.717, 1.165) is 5.56 Å². The van der Waals surface area contributed by atoms with Gasteiger partial charge in [-0.25, -0.2) is 0 Å². The maximum absolute atomic E-state index is 11.1. The van der Waals surface area contributed by atoms with Crippen molar-refractivity contribution in [2.24, 2.45) is 0 Å². The third-order valence-corrected chi connectivity index (χ3v) is 1.68. The Morgan fingerprint density at radius 1 is 1.36 bits per heavy atom. The first-order valence-corrected chi connectivity index (χ1v) is 4.33. The summed E-state index contributed by atoms with van der Waals surface area (Å²) in [6.45, 7) is -0.0959. The minimum atomic E-state index is -0.344. The summed E-state index contributed by atoms with van der Waals surface area (Å²) >= 11 is 0. The number of anilines is 1. The molecule has 0 aliphatic carbocycles. The minimum absolute atomic E-state index is 0.0494. The van der Waals surface area contributed by atoms with Crippen LogP contribution in [0, 0.1) is 0 Å². The molecule has 14 heavy (non-hydrogen) atoms. The number of aliphatic hydroxyl groups excluding tert-OH is 1. The second-order valence-corrected chi connectivity index (χ2v) is 2.86. The summed E-state index contributed by atoms with van der Waals surface area (Å²) in [5.74, 6) is -0.344. The molecular weight excluding hydrogens is 182 g/mol. The number of hydrogen-bond acceptors (Lipinski definition) is 4. The van der Waals surface area contributed by atoms with Gasteiger partial charge in [-0.1, -0.05) is 12.1 Å². The number of ether oxygens (including phenoxy) is 1. The van der Waals surface area contributed by atoms with Crippen LogP contribution < -0.4 is 5.73 Å². The molecule has 0 atom stereocenters. The molecule has 1 aromatic rings. The van der Waals surface area contributed by atoms with E-state index in [-0.39, 0.29) is 25.6 Å². The van der Waals surface area contributed by atoms with Crippen molar-refractivity contribution in [2.75, 3.05) is 18.9 Å². The first kappa shape index (κ1) is 10.5. The molecule has 0 radical (unpaired) electrons. The van der Waals surface area contributed by atoms with Crippen molar-refractivity contribution < 1.29 is 14.6 Å². The summed E-state index contributed by atoms with van der Waals surface area (Å²) in [7, 11) is 0. The zero-order valence-corrected chi connectivity index (χ0v) is 7.77. The summed E-state index contributed by atoms with van der Waals surface area (Å²) in [6.07, 6.45) is 0.209. The number of carbonyl (C=O) groups excluding carboxylic acids is 1. The molecule has 0 heterocycles. The normalized spacial score (nSPS) is 9.79. The minimum Gasteiger partial charge on any atom is -0.463 e. The number of rotatable bonds is 4. The van der Waals surface area contributed by atoms with E-state index in [1.54, 1.807) is 24.3 Å². The van der Waals surface area contributed by atoms with E-state index in [1.165, 1.54) is 0 Å². The Bertz CT molecular complexity index is 295. The monoisotopic (exact) mass is 195 g/mol. The van der Waals surface area contributed by atoms with Gasteiger partial charge in [0, 0.05) is 5.69 Å². The number of aliphatic hydroxyl groups is 1. The second kappa shape index (κ2) is 5.24. The molecular formula is C10H13NO3. The number of esters is 1.